The number of aliphatic hydroxyl groups excluding tert-OH is 1. The van der Waals surface area contributed by atoms with E-state index in [1.54, 1.807) is 31.2 Å². The Morgan fingerprint density at radius 3 is 2.71 bits per heavy atom. The summed E-state index contributed by atoms with van der Waals surface area (Å²) in [6, 6.07) is 3.23. The summed E-state index contributed by atoms with van der Waals surface area (Å²) in [6.07, 6.45) is 5.89. The number of hydrogen-bond acceptors (Lipinski definition) is 7. The summed E-state index contributed by atoms with van der Waals surface area (Å²) in [4.78, 5) is 24.7. The summed E-state index contributed by atoms with van der Waals surface area (Å²) < 4.78 is 21.3. The molecule has 0 aliphatic carbocycles. The molecule has 1 aliphatic rings. The molecule has 28 heavy (non-hydrogen) atoms. The van der Waals surface area contributed by atoms with Gasteiger partial charge in [-0.05, 0) is 31.1 Å². The summed E-state index contributed by atoms with van der Waals surface area (Å²) in [5.74, 6) is 0.0713. The van der Waals surface area contributed by atoms with Gasteiger partial charge in [-0.1, -0.05) is 18.2 Å². The molecule has 152 valence electrons. The number of cyclic esters (lactones) is 1. The zero-order valence-electron chi connectivity index (χ0n) is 16.3. The molecule has 0 amide bonds. The van der Waals surface area contributed by atoms with E-state index in [9.17, 15) is 14.7 Å². The SMILES string of the molecule is COCOc1cc(OC)cc2c1C(=O)O[C@@H](C)C/C=C\C(=O)CCC(O)/C=C/2. The highest BCUT2D eigenvalue weighted by Crippen LogP contribution is 2.31. The molecule has 1 aromatic carbocycles. The molecule has 0 spiro atoms. The number of esters is 1. The third kappa shape index (κ3) is 6.21. The smallest absolute Gasteiger partial charge is 0.342 e. The number of carbonyl (C=O) groups is 2. The van der Waals surface area contributed by atoms with Crippen molar-refractivity contribution in [2.24, 2.45) is 0 Å². The Kier molecular flexibility index (Phi) is 8.22. The van der Waals surface area contributed by atoms with Gasteiger partial charge in [-0.15, -0.1) is 0 Å². The van der Waals surface area contributed by atoms with Gasteiger partial charge in [0, 0.05) is 26.0 Å². The van der Waals surface area contributed by atoms with Crippen molar-refractivity contribution in [2.45, 2.75) is 38.4 Å². The Hall–Kier alpha value is -2.64. The Morgan fingerprint density at radius 2 is 2.00 bits per heavy atom. The molecule has 0 saturated heterocycles. The molecule has 2 rings (SSSR count). The second kappa shape index (κ2) is 10.6. The van der Waals surface area contributed by atoms with E-state index in [1.807, 2.05) is 0 Å². The molecule has 7 nitrogen and oxygen atoms in total. The minimum Gasteiger partial charge on any atom is -0.497 e. The van der Waals surface area contributed by atoms with E-state index in [0.29, 0.717) is 17.7 Å². The van der Waals surface area contributed by atoms with E-state index in [4.69, 9.17) is 18.9 Å². The second-order valence-electron chi connectivity index (χ2n) is 6.43. The molecule has 0 saturated carbocycles. The topological polar surface area (TPSA) is 91.3 Å². The fourth-order valence-corrected chi connectivity index (χ4v) is 2.68. The average Bonchev–Trinajstić information content (AvgIpc) is 2.67. The Balaban J connectivity index is 2.50. The monoisotopic (exact) mass is 390 g/mol. The van der Waals surface area contributed by atoms with Gasteiger partial charge in [0.15, 0.2) is 12.6 Å². The molecule has 0 radical (unpaired) electrons. The lowest BCUT2D eigenvalue weighted by atomic mass is 10.0. The van der Waals surface area contributed by atoms with E-state index in [0.717, 1.165) is 0 Å². The second-order valence-corrected chi connectivity index (χ2v) is 6.43. The third-order valence-electron chi connectivity index (χ3n) is 4.14. The number of benzene rings is 1. The first-order chi connectivity index (χ1) is 13.4. The lowest BCUT2D eigenvalue weighted by Gasteiger charge is -2.17. The molecule has 1 aromatic rings. The maximum absolute atomic E-state index is 12.8. The molecule has 7 heteroatoms. The zero-order valence-corrected chi connectivity index (χ0v) is 16.3. The van der Waals surface area contributed by atoms with Crippen molar-refractivity contribution in [3.8, 4) is 11.5 Å². The highest BCUT2D eigenvalue weighted by molar-refractivity contribution is 5.97. The first kappa shape index (κ1) is 21.7. The van der Waals surface area contributed by atoms with E-state index in [-0.39, 0.29) is 36.7 Å². The maximum atomic E-state index is 12.8. The fraction of sp³-hybridized carbons (Fsp3) is 0.429. The predicted molar refractivity (Wildman–Crippen MR) is 103 cm³/mol. The van der Waals surface area contributed by atoms with Gasteiger partial charge in [0.05, 0.1) is 13.2 Å². The Bertz CT molecular complexity index is 751. The van der Waals surface area contributed by atoms with Gasteiger partial charge in [0.25, 0.3) is 0 Å². The van der Waals surface area contributed by atoms with E-state index in [2.05, 4.69) is 0 Å². The Morgan fingerprint density at radius 1 is 1.21 bits per heavy atom. The van der Waals surface area contributed by atoms with Crippen molar-refractivity contribution in [3.05, 3.63) is 41.5 Å². The molecule has 1 aliphatic heterocycles. The first-order valence-corrected chi connectivity index (χ1v) is 9.05. The number of carbonyl (C=O) groups excluding carboxylic acids is 2. The number of methoxy groups -OCH3 is 2. The van der Waals surface area contributed by atoms with Crippen molar-refractivity contribution in [1.29, 1.82) is 0 Å². The summed E-state index contributed by atoms with van der Waals surface area (Å²) in [5.41, 5.74) is 0.686. The van der Waals surface area contributed by atoms with Crippen LogP contribution < -0.4 is 9.47 Å². The standard InChI is InChI=1S/C21H26O7/c1-14-5-4-6-16(22)9-10-17(23)8-7-15-11-18(26-3)12-19(27-13-25-2)20(15)21(24)28-14/h4,6-8,11-12,14,17,23H,5,9-10,13H2,1-3H3/b6-4-,8-7+/t14-,17?/m0/s1. The minimum atomic E-state index is -0.836. The van der Waals surface area contributed by atoms with Crippen molar-refractivity contribution in [3.63, 3.8) is 0 Å². The van der Waals surface area contributed by atoms with Gasteiger partial charge in [-0.25, -0.2) is 4.79 Å². The summed E-state index contributed by atoms with van der Waals surface area (Å²) in [6.45, 7) is 1.69. The van der Waals surface area contributed by atoms with Gasteiger partial charge in [-0.3, -0.25) is 4.79 Å². The van der Waals surface area contributed by atoms with Crippen molar-refractivity contribution >= 4 is 17.8 Å². The third-order valence-corrected chi connectivity index (χ3v) is 4.14. The Labute approximate surface area is 164 Å². The molecular formula is C21H26O7. The molecule has 1 N–H and O–H groups in total. The first-order valence-electron chi connectivity index (χ1n) is 9.05. The lowest BCUT2D eigenvalue weighted by Crippen LogP contribution is -2.17. The van der Waals surface area contributed by atoms with Crippen molar-refractivity contribution < 1.29 is 33.6 Å². The molecular weight excluding hydrogens is 364 g/mol. The van der Waals surface area contributed by atoms with Crippen LogP contribution in [0, 0.1) is 0 Å². The van der Waals surface area contributed by atoms with Crippen LogP contribution in [0.25, 0.3) is 6.08 Å². The molecule has 0 fully saturated rings. The van der Waals surface area contributed by atoms with Gasteiger partial charge in [0.2, 0.25) is 0 Å². The molecule has 0 bridgehead atoms. The number of rotatable bonds is 4. The number of ether oxygens (including phenoxy) is 4. The van der Waals surface area contributed by atoms with E-state index in [1.165, 1.54) is 26.4 Å². The van der Waals surface area contributed by atoms with Gasteiger partial charge >= 0.3 is 5.97 Å². The summed E-state index contributed by atoms with van der Waals surface area (Å²) in [5, 5.41) is 10.1. The van der Waals surface area contributed by atoms with Gasteiger partial charge in [-0.2, -0.15) is 0 Å². The van der Waals surface area contributed by atoms with E-state index < -0.39 is 18.2 Å². The zero-order chi connectivity index (χ0) is 20.5. The van der Waals surface area contributed by atoms with Crippen LogP contribution in [0.5, 0.6) is 11.5 Å². The average molecular weight is 390 g/mol. The highest BCUT2D eigenvalue weighted by Gasteiger charge is 2.22. The van der Waals surface area contributed by atoms with Crippen LogP contribution in [0.4, 0.5) is 0 Å². The number of fused-ring (bicyclic) bond motifs is 1. The number of hydrogen-bond donors (Lipinski definition) is 1. The van der Waals surface area contributed by atoms with Crippen LogP contribution in [0.3, 0.4) is 0 Å². The van der Waals surface area contributed by atoms with Crippen molar-refractivity contribution in [2.75, 3.05) is 21.0 Å². The van der Waals surface area contributed by atoms with Crippen LogP contribution >= 0.6 is 0 Å². The molecule has 1 heterocycles. The van der Waals surface area contributed by atoms with Gasteiger partial charge < -0.3 is 24.1 Å². The minimum absolute atomic E-state index is 0.0559. The van der Waals surface area contributed by atoms with Crippen molar-refractivity contribution in [1.82, 2.24) is 0 Å². The van der Waals surface area contributed by atoms with Crippen LogP contribution in [0.1, 0.15) is 42.1 Å². The number of aliphatic hydroxyl groups is 1. The van der Waals surface area contributed by atoms with Crippen LogP contribution in [-0.2, 0) is 14.3 Å². The lowest BCUT2D eigenvalue weighted by molar-refractivity contribution is -0.115. The quantitative estimate of drug-likeness (QED) is 0.624. The summed E-state index contributed by atoms with van der Waals surface area (Å²) in [7, 11) is 2.98. The van der Waals surface area contributed by atoms with Crippen LogP contribution in [0.2, 0.25) is 0 Å². The highest BCUT2D eigenvalue weighted by atomic mass is 16.7. The number of ketones is 1. The maximum Gasteiger partial charge on any atom is 0.342 e. The molecule has 0 aromatic heterocycles. The largest absolute Gasteiger partial charge is 0.497 e. The molecule has 2 atom stereocenters. The van der Waals surface area contributed by atoms with Gasteiger partial charge in [0.1, 0.15) is 23.2 Å². The predicted octanol–water partition coefficient (Wildman–Crippen LogP) is 2.91. The van der Waals surface area contributed by atoms with E-state index >= 15 is 0 Å². The fourth-order valence-electron chi connectivity index (χ4n) is 2.68. The number of allylic oxidation sites excluding steroid dienone is 1. The van der Waals surface area contributed by atoms with Crippen LogP contribution in [-0.4, -0.2) is 50.1 Å². The molecule has 1 unspecified atom stereocenters. The normalized spacial score (nSPS) is 23.1. The summed E-state index contributed by atoms with van der Waals surface area (Å²) >= 11 is 0. The van der Waals surface area contributed by atoms with Crippen LogP contribution in [0.15, 0.2) is 30.4 Å².